The van der Waals surface area contributed by atoms with Gasteiger partial charge in [-0.05, 0) is 83.4 Å². The molecule has 1 saturated heterocycles. The molecule has 1 fully saturated rings. The molecular formula is C33H41NO3. The van der Waals surface area contributed by atoms with Gasteiger partial charge in [0.2, 0.25) is 0 Å². The van der Waals surface area contributed by atoms with Crippen molar-refractivity contribution in [1.82, 2.24) is 4.90 Å². The molecule has 1 aromatic heterocycles. The molecule has 4 heteroatoms. The number of benzene rings is 2. The van der Waals surface area contributed by atoms with Gasteiger partial charge in [-0.3, -0.25) is 4.79 Å². The van der Waals surface area contributed by atoms with E-state index in [2.05, 4.69) is 46.8 Å². The standard InChI is InChI=1S/C33H41NO3/c1-23-19-27-28(32(4,5)14-13-31(27,2)3)21-25(23)20-26-11-12-29(37-26)30(35)34-17-15-33(36,16-18-34)22-24-9-7-6-8-10-24/h6-12,19,21,36H,13-18,20,22H2,1-5H3. The summed E-state index contributed by atoms with van der Waals surface area (Å²) in [5.74, 6) is 1.12. The second kappa shape index (κ2) is 9.47. The Balaban J connectivity index is 1.26. The zero-order valence-corrected chi connectivity index (χ0v) is 23.1. The molecule has 0 bridgehead atoms. The smallest absolute Gasteiger partial charge is 0.289 e. The molecule has 0 atom stereocenters. The molecule has 1 aliphatic carbocycles. The predicted octanol–water partition coefficient (Wildman–Crippen LogP) is 6.74. The average molecular weight is 500 g/mol. The lowest BCUT2D eigenvalue weighted by molar-refractivity contribution is -0.0169. The number of hydrogen-bond donors (Lipinski definition) is 1. The van der Waals surface area contributed by atoms with E-state index in [0.29, 0.717) is 44.5 Å². The average Bonchev–Trinajstić information content (AvgIpc) is 3.32. The zero-order chi connectivity index (χ0) is 26.4. The summed E-state index contributed by atoms with van der Waals surface area (Å²) < 4.78 is 6.09. The maximum Gasteiger partial charge on any atom is 0.289 e. The quantitative estimate of drug-likeness (QED) is 0.423. The fraction of sp³-hybridized carbons (Fsp3) is 0.485. The first-order valence-corrected chi connectivity index (χ1v) is 13.7. The summed E-state index contributed by atoms with van der Waals surface area (Å²) >= 11 is 0. The highest BCUT2D eigenvalue weighted by Crippen LogP contribution is 2.46. The van der Waals surface area contributed by atoms with Crippen LogP contribution in [-0.2, 0) is 23.7 Å². The fourth-order valence-corrected chi connectivity index (χ4v) is 6.17. The van der Waals surface area contributed by atoms with Crippen LogP contribution in [0.2, 0.25) is 0 Å². The van der Waals surface area contributed by atoms with Gasteiger partial charge >= 0.3 is 0 Å². The Morgan fingerprint density at radius 1 is 0.892 bits per heavy atom. The largest absolute Gasteiger partial charge is 0.456 e. The summed E-state index contributed by atoms with van der Waals surface area (Å²) in [5, 5.41) is 11.1. The number of nitrogens with zero attached hydrogens (tertiary/aromatic N) is 1. The van der Waals surface area contributed by atoms with E-state index in [-0.39, 0.29) is 16.7 Å². The first-order chi connectivity index (χ1) is 17.5. The van der Waals surface area contributed by atoms with E-state index in [1.54, 1.807) is 0 Å². The number of furan rings is 1. The van der Waals surface area contributed by atoms with Crippen LogP contribution in [0.25, 0.3) is 0 Å². The highest BCUT2D eigenvalue weighted by molar-refractivity contribution is 5.91. The fourth-order valence-electron chi connectivity index (χ4n) is 6.17. The zero-order valence-electron chi connectivity index (χ0n) is 23.1. The molecule has 1 N–H and O–H groups in total. The van der Waals surface area contributed by atoms with Gasteiger partial charge in [0.05, 0.1) is 5.60 Å². The Morgan fingerprint density at radius 2 is 1.51 bits per heavy atom. The third kappa shape index (κ3) is 5.27. The number of amides is 1. The van der Waals surface area contributed by atoms with Crippen molar-refractivity contribution in [3.8, 4) is 0 Å². The van der Waals surface area contributed by atoms with Crippen molar-refractivity contribution < 1.29 is 14.3 Å². The van der Waals surface area contributed by atoms with Crippen LogP contribution in [0.4, 0.5) is 0 Å². The maximum atomic E-state index is 13.2. The summed E-state index contributed by atoms with van der Waals surface area (Å²) in [6.45, 7) is 12.7. The molecule has 5 rings (SSSR count). The number of fused-ring (bicyclic) bond motifs is 1. The van der Waals surface area contributed by atoms with E-state index in [1.165, 1.54) is 35.1 Å². The predicted molar refractivity (Wildman–Crippen MR) is 148 cm³/mol. The van der Waals surface area contributed by atoms with E-state index in [9.17, 15) is 9.90 Å². The summed E-state index contributed by atoms with van der Waals surface area (Å²) in [6, 6.07) is 18.6. The van der Waals surface area contributed by atoms with Crippen LogP contribution in [0.1, 0.15) is 97.5 Å². The lowest BCUT2D eigenvalue weighted by Gasteiger charge is -2.42. The molecule has 0 radical (unpaired) electrons. The Morgan fingerprint density at radius 3 is 2.16 bits per heavy atom. The van der Waals surface area contributed by atoms with Crippen molar-refractivity contribution in [2.45, 2.75) is 89.6 Å². The molecule has 196 valence electrons. The van der Waals surface area contributed by atoms with E-state index >= 15 is 0 Å². The number of likely N-dealkylation sites (tertiary alicyclic amines) is 1. The third-order valence-corrected chi connectivity index (χ3v) is 8.90. The normalized spacial score (nSPS) is 19.9. The number of aryl methyl sites for hydroxylation is 1. The number of rotatable bonds is 5. The van der Waals surface area contributed by atoms with Gasteiger partial charge in [-0.25, -0.2) is 0 Å². The monoisotopic (exact) mass is 499 g/mol. The van der Waals surface area contributed by atoms with Crippen molar-refractivity contribution in [3.63, 3.8) is 0 Å². The first-order valence-electron chi connectivity index (χ1n) is 13.7. The van der Waals surface area contributed by atoms with Crippen LogP contribution in [0.15, 0.2) is 59.0 Å². The van der Waals surface area contributed by atoms with Crippen molar-refractivity contribution in [2.75, 3.05) is 13.1 Å². The van der Waals surface area contributed by atoms with Crippen LogP contribution >= 0.6 is 0 Å². The van der Waals surface area contributed by atoms with E-state index in [0.717, 1.165) is 11.3 Å². The van der Waals surface area contributed by atoms with E-state index in [1.807, 2.05) is 47.4 Å². The molecule has 37 heavy (non-hydrogen) atoms. The minimum Gasteiger partial charge on any atom is -0.456 e. The van der Waals surface area contributed by atoms with Crippen molar-refractivity contribution in [3.05, 3.63) is 93.9 Å². The molecule has 1 aliphatic heterocycles. The molecular weight excluding hydrogens is 458 g/mol. The Bertz CT molecular complexity index is 1280. The van der Waals surface area contributed by atoms with Gasteiger partial charge in [0.1, 0.15) is 5.76 Å². The number of hydrogen-bond acceptors (Lipinski definition) is 3. The first kappa shape index (κ1) is 25.8. The molecule has 2 aromatic carbocycles. The summed E-state index contributed by atoms with van der Waals surface area (Å²) in [6.07, 6.45) is 4.83. The van der Waals surface area contributed by atoms with E-state index < -0.39 is 5.60 Å². The molecule has 0 spiro atoms. The van der Waals surface area contributed by atoms with Gasteiger partial charge in [-0.2, -0.15) is 0 Å². The summed E-state index contributed by atoms with van der Waals surface area (Å²) in [7, 11) is 0. The Hall–Kier alpha value is -2.85. The SMILES string of the molecule is Cc1cc2c(cc1Cc1ccc(C(=O)N3CCC(O)(Cc4ccccc4)CC3)o1)C(C)(C)CCC2(C)C. The molecule has 0 unspecified atom stereocenters. The molecule has 3 aromatic rings. The highest BCUT2D eigenvalue weighted by Gasteiger charge is 2.38. The second-order valence-corrected chi connectivity index (χ2v) is 12.7. The van der Waals surface area contributed by atoms with Crippen molar-refractivity contribution >= 4 is 5.91 Å². The minimum atomic E-state index is -0.765. The van der Waals surface area contributed by atoms with Gasteiger partial charge in [0, 0.05) is 25.9 Å². The Labute approximate surface area is 221 Å². The van der Waals surface area contributed by atoms with Gasteiger partial charge in [-0.1, -0.05) is 70.2 Å². The number of aliphatic hydroxyl groups is 1. The van der Waals surface area contributed by atoms with Gasteiger partial charge in [-0.15, -0.1) is 0 Å². The molecule has 1 amide bonds. The van der Waals surface area contributed by atoms with Crippen LogP contribution in [-0.4, -0.2) is 34.6 Å². The van der Waals surface area contributed by atoms with Gasteiger partial charge in [0.15, 0.2) is 5.76 Å². The molecule has 4 nitrogen and oxygen atoms in total. The lowest BCUT2D eigenvalue weighted by atomic mass is 9.62. The number of carbonyl (C=O) groups excluding carboxylic acids is 1. The third-order valence-electron chi connectivity index (χ3n) is 8.90. The molecule has 2 aliphatic rings. The number of carbonyl (C=O) groups is 1. The van der Waals surface area contributed by atoms with E-state index in [4.69, 9.17) is 4.42 Å². The van der Waals surface area contributed by atoms with Crippen LogP contribution in [0.3, 0.4) is 0 Å². The van der Waals surface area contributed by atoms with Gasteiger partial charge in [0.25, 0.3) is 5.91 Å². The highest BCUT2D eigenvalue weighted by atomic mass is 16.4. The second-order valence-electron chi connectivity index (χ2n) is 12.7. The van der Waals surface area contributed by atoms with Crippen LogP contribution < -0.4 is 0 Å². The molecule has 0 saturated carbocycles. The van der Waals surface area contributed by atoms with Crippen molar-refractivity contribution in [2.24, 2.45) is 0 Å². The minimum absolute atomic E-state index is 0.0851. The topological polar surface area (TPSA) is 53.7 Å². The Kier molecular flexibility index (Phi) is 6.60. The summed E-state index contributed by atoms with van der Waals surface area (Å²) in [4.78, 5) is 15.0. The maximum absolute atomic E-state index is 13.2. The van der Waals surface area contributed by atoms with Crippen LogP contribution in [0.5, 0.6) is 0 Å². The summed E-state index contributed by atoms with van der Waals surface area (Å²) in [5.41, 5.74) is 6.18. The lowest BCUT2D eigenvalue weighted by Crippen LogP contribution is -2.47. The van der Waals surface area contributed by atoms with Crippen LogP contribution in [0, 0.1) is 6.92 Å². The number of piperidine rings is 1. The van der Waals surface area contributed by atoms with Gasteiger partial charge < -0.3 is 14.4 Å². The molecule has 2 heterocycles. The van der Waals surface area contributed by atoms with Crippen molar-refractivity contribution in [1.29, 1.82) is 0 Å².